The number of hydrogen-bond donors (Lipinski definition) is 0. The predicted octanol–water partition coefficient (Wildman–Crippen LogP) is 5.22. The Labute approximate surface area is 212 Å². The van der Waals surface area contributed by atoms with Crippen LogP contribution in [-0.2, 0) is 48.3 Å². The Balaban J connectivity index is 1.51. The molecule has 3 atom stereocenters. The molecule has 0 bridgehead atoms. The van der Waals surface area contributed by atoms with E-state index in [1.807, 2.05) is 91.0 Å². The van der Waals surface area contributed by atoms with E-state index >= 15 is 0 Å². The van der Waals surface area contributed by atoms with E-state index in [-0.39, 0.29) is 12.6 Å². The maximum atomic E-state index is 11.5. The van der Waals surface area contributed by atoms with Gasteiger partial charge in [-0.3, -0.25) is 4.79 Å². The molecule has 3 aromatic rings. The average molecular weight is 489 g/mol. The van der Waals surface area contributed by atoms with Crippen molar-refractivity contribution in [3.8, 4) is 0 Å². The number of rotatable bonds is 12. The summed E-state index contributed by atoms with van der Waals surface area (Å²) in [7, 11) is 0. The summed E-state index contributed by atoms with van der Waals surface area (Å²) in [6, 6.07) is 29.9. The molecule has 0 unspecified atom stereocenters. The third-order valence-electron chi connectivity index (χ3n) is 5.82. The molecule has 0 aromatic heterocycles. The van der Waals surface area contributed by atoms with Gasteiger partial charge < -0.3 is 23.7 Å². The Hall–Kier alpha value is -3.45. The van der Waals surface area contributed by atoms with Crippen LogP contribution in [0.2, 0.25) is 0 Å². The minimum Gasteiger partial charge on any atom is -0.493 e. The maximum Gasteiger partial charge on any atom is 0.302 e. The first kappa shape index (κ1) is 25.6. The third kappa shape index (κ3) is 7.78. The number of benzene rings is 3. The normalized spacial score (nSPS) is 19.2. The highest BCUT2D eigenvalue weighted by Gasteiger charge is 2.39. The molecule has 6 nitrogen and oxygen atoms in total. The van der Waals surface area contributed by atoms with Gasteiger partial charge in [0.1, 0.15) is 24.9 Å². The fourth-order valence-corrected chi connectivity index (χ4v) is 3.95. The molecule has 1 aliphatic rings. The van der Waals surface area contributed by atoms with Crippen LogP contribution in [0.15, 0.2) is 103 Å². The van der Waals surface area contributed by atoms with Crippen molar-refractivity contribution in [3.63, 3.8) is 0 Å². The molecule has 0 fully saturated rings. The standard InChI is InChI=1S/C30H32O6/c1-23(31)33-20-27-21-34-28(22-32-17-24-11-5-2-6-12-24)30(36-19-26-15-9-4-10-16-26)29(27)35-18-25-13-7-3-8-14-25/h2-16,21,28-30H,17-20,22H2,1H3/t28-,29-,30+/m1/s1. The summed E-state index contributed by atoms with van der Waals surface area (Å²) >= 11 is 0. The predicted molar refractivity (Wildman–Crippen MR) is 136 cm³/mol. The minimum atomic E-state index is -0.479. The fraction of sp³-hybridized carbons (Fsp3) is 0.300. The van der Waals surface area contributed by atoms with Gasteiger partial charge in [-0.1, -0.05) is 91.0 Å². The van der Waals surface area contributed by atoms with Crippen LogP contribution in [0.25, 0.3) is 0 Å². The lowest BCUT2D eigenvalue weighted by atomic mass is 9.98. The van der Waals surface area contributed by atoms with E-state index in [4.69, 9.17) is 23.7 Å². The Kier molecular flexibility index (Phi) is 9.68. The Bertz CT molecular complexity index is 1080. The molecule has 0 amide bonds. The monoisotopic (exact) mass is 488 g/mol. The quantitative estimate of drug-likeness (QED) is 0.326. The second kappa shape index (κ2) is 13.6. The van der Waals surface area contributed by atoms with Gasteiger partial charge in [-0.2, -0.15) is 0 Å². The molecule has 0 saturated heterocycles. The molecule has 0 spiro atoms. The highest BCUT2D eigenvalue weighted by atomic mass is 16.6. The van der Waals surface area contributed by atoms with Gasteiger partial charge >= 0.3 is 5.97 Å². The van der Waals surface area contributed by atoms with Crippen LogP contribution in [-0.4, -0.2) is 37.5 Å². The van der Waals surface area contributed by atoms with Crippen molar-refractivity contribution in [1.29, 1.82) is 0 Å². The molecule has 4 rings (SSSR count). The SMILES string of the molecule is CC(=O)OCC1=CO[C@H](COCc2ccccc2)[C@H](OCc2ccccc2)[C@@H]1OCc1ccccc1. The van der Waals surface area contributed by atoms with Gasteiger partial charge in [-0.15, -0.1) is 0 Å². The van der Waals surface area contributed by atoms with Crippen LogP contribution in [0.1, 0.15) is 23.6 Å². The number of ether oxygens (including phenoxy) is 5. The van der Waals surface area contributed by atoms with Gasteiger partial charge in [0, 0.05) is 12.5 Å². The van der Waals surface area contributed by atoms with Crippen LogP contribution in [0.5, 0.6) is 0 Å². The van der Waals surface area contributed by atoms with Gasteiger partial charge in [0.15, 0.2) is 0 Å². The molecule has 3 aromatic carbocycles. The molecule has 0 radical (unpaired) electrons. The van der Waals surface area contributed by atoms with Crippen LogP contribution in [0.3, 0.4) is 0 Å². The van der Waals surface area contributed by atoms with Crippen molar-refractivity contribution in [2.24, 2.45) is 0 Å². The second-order valence-electron chi connectivity index (χ2n) is 8.63. The number of hydrogen-bond acceptors (Lipinski definition) is 6. The highest BCUT2D eigenvalue weighted by Crippen LogP contribution is 2.27. The molecule has 1 heterocycles. The van der Waals surface area contributed by atoms with Gasteiger partial charge in [-0.25, -0.2) is 0 Å². The highest BCUT2D eigenvalue weighted by molar-refractivity contribution is 5.66. The molecule has 6 heteroatoms. The van der Waals surface area contributed by atoms with Crippen molar-refractivity contribution in [2.45, 2.75) is 45.1 Å². The summed E-state index contributed by atoms with van der Waals surface area (Å²) in [6.07, 6.45) is 0.268. The average Bonchev–Trinajstić information content (AvgIpc) is 2.92. The zero-order valence-corrected chi connectivity index (χ0v) is 20.5. The van der Waals surface area contributed by atoms with Gasteiger partial charge in [0.2, 0.25) is 0 Å². The van der Waals surface area contributed by atoms with Crippen LogP contribution >= 0.6 is 0 Å². The number of carbonyl (C=O) groups is 1. The van der Waals surface area contributed by atoms with Gasteiger partial charge in [0.05, 0.1) is 32.7 Å². The third-order valence-corrected chi connectivity index (χ3v) is 5.82. The Morgan fingerprint density at radius 1 is 0.722 bits per heavy atom. The molecular weight excluding hydrogens is 456 g/mol. The second-order valence-corrected chi connectivity index (χ2v) is 8.63. The van der Waals surface area contributed by atoms with E-state index in [1.54, 1.807) is 6.26 Å². The van der Waals surface area contributed by atoms with Crippen LogP contribution < -0.4 is 0 Å². The molecule has 36 heavy (non-hydrogen) atoms. The van der Waals surface area contributed by atoms with Gasteiger partial charge in [0.25, 0.3) is 0 Å². The molecular formula is C30H32O6. The fourth-order valence-electron chi connectivity index (χ4n) is 3.95. The summed E-state index contributed by atoms with van der Waals surface area (Å²) in [5, 5.41) is 0. The van der Waals surface area contributed by atoms with Crippen LogP contribution in [0, 0.1) is 0 Å². The summed E-state index contributed by atoms with van der Waals surface area (Å²) in [4.78, 5) is 11.5. The topological polar surface area (TPSA) is 63.2 Å². The molecule has 0 aliphatic carbocycles. The Morgan fingerprint density at radius 2 is 1.25 bits per heavy atom. The van der Waals surface area contributed by atoms with E-state index in [0.717, 1.165) is 16.7 Å². The number of esters is 1. The van der Waals surface area contributed by atoms with E-state index in [0.29, 0.717) is 32.0 Å². The summed E-state index contributed by atoms with van der Waals surface area (Å²) < 4.78 is 30.2. The first-order valence-electron chi connectivity index (χ1n) is 12.1. The van der Waals surface area contributed by atoms with Crippen LogP contribution in [0.4, 0.5) is 0 Å². The summed E-state index contributed by atoms with van der Waals surface area (Å²) in [5.74, 6) is -0.368. The lowest BCUT2D eigenvalue weighted by molar-refractivity contribution is -0.157. The van der Waals surface area contributed by atoms with E-state index in [9.17, 15) is 4.79 Å². The Morgan fingerprint density at radius 3 is 1.81 bits per heavy atom. The molecule has 1 aliphatic heterocycles. The van der Waals surface area contributed by atoms with E-state index < -0.39 is 18.3 Å². The van der Waals surface area contributed by atoms with Crippen molar-refractivity contribution in [3.05, 3.63) is 120 Å². The lowest BCUT2D eigenvalue weighted by Crippen LogP contribution is -2.48. The lowest BCUT2D eigenvalue weighted by Gasteiger charge is -2.37. The largest absolute Gasteiger partial charge is 0.493 e. The van der Waals surface area contributed by atoms with Crippen molar-refractivity contribution < 1.29 is 28.5 Å². The first-order chi connectivity index (χ1) is 17.7. The molecule has 0 saturated carbocycles. The smallest absolute Gasteiger partial charge is 0.302 e. The van der Waals surface area contributed by atoms with Crippen molar-refractivity contribution in [2.75, 3.05) is 13.2 Å². The van der Waals surface area contributed by atoms with Crippen molar-refractivity contribution in [1.82, 2.24) is 0 Å². The van der Waals surface area contributed by atoms with E-state index in [2.05, 4.69) is 0 Å². The van der Waals surface area contributed by atoms with E-state index in [1.165, 1.54) is 6.92 Å². The molecule has 0 N–H and O–H groups in total. The molecule has 188 valence electrons. The minimum absolute atomic E-state index is 0.0670. The van der Waals surface area contributed by atoms with Crippen molar-refractivity contribution >= 4 is 5.97 Å². The van der Waals surface area contributed by atoms with Gasteiger partial charge in [-0.05, 0) is 16.7 Å². The summed E-state index contributed by atoms with van der Waals surface area (Å²) in [6.45, 7) is 3.00. The zero-order chi connectivity index (χ0) is 25.0. The number of carbonyl (C=O) groups excluding carboxylic acids is 1. The summed E-state index contributed by atoms with van der Waals surface area (Å²) in [5.41, 5.74) is 3.87. The first-order valence-corrected chi connectivity index (χ1v) is 12.1. The maximum absolute atomic E-state index is 11.5. The zero-order valence-electron chi connectivity index (χ0n) is 20.5.